The van der Waals surface area contributed by atoms with Gasteiger partial charge >= 0.3 is 6.09 Å². The largest absolute Gasteiger partial charge is 0.465 e. The van der Waals surface area contributed by atoms with E-state index in [1.165, 1.54) is 4.90 Å². The predicted molar refractivity (Wildman–Crippen MR) is 53.6 cm³/mol. The highest BCUT2D eigenvalue weighted by atomic mass is 16.4. The molecule has 1 atom stereocenters. The summed E-state index contributed by atoms with van der Waals surface area (Å²) >= 11 is 0. The van der Waals surface area contributed by atoms with Gasteiger partial charge in [-0.15, -0.1) is 0 Å². The summed E-state index contributed by atoms with van der Waals surface area (Å²) in [6.45, 7) is 2.56. The first-order valence-electron chi connectivity index (χ1n) is 4.95. The molecular weight excluding hydrogens is 196 g/mol. The van der Waals surface area contributed by atoms with Crippen molar-refractivity contribution in [1.82, 2.24) is 20.0 Å². The molecule has 6 nitrogen and oxygen atoms in total. The average Bonchev–Trinajstić information content (AvgIpc) is 2.71. The van der Waals surface area contributed by atoms with E-state index in [-0.39, 0.29) is 6.04 Å². The molecule has 2 rings (SSSR count). The number of rotatable bonds is 2. The summed E-state index contributed by atoms with van der Waals surface area (Å²) in [6, 6.07) is 1.80. The van der Waals surface area contributed by atoms with E-state index >= 15 is 0 Å². The van der Waals surface area contributed by atoms with Crippen molar-refractivity contribution in [2.24, 2.45) is 0 Å². The monoisotopic (exact) mass is 210 g/mol. The molecule has 2 N–H and O–H groups in total. The maximum Gasteiger partial charge on any atom is 0.407 e. The Balaban J connectivity index is 2.02. The van der Waals surface area contributed by atoms with Crippen molar-refractivity contribution in [1.29, 1.82) is 0 Å². The first-order chi connectivity index (χ1) is 7.27. The Hall–Kier alpha value is -1.56. The van der Waals surface area contributed by atoms with Crippen LogP contribution in [-0.2, 0) is 6.54 Å². The van der Waals surface area contributed by atoms with Crippen LogP contribution in [0.25, 0.3) is 0 Å². The number of aromatic nitrogens is 2. The molecule has 1 aromatic rings. The average molecular weight is 210 g/mol. The summed E-state index contributed by atoms with van der Waals surface area (Å²) in [6.07, 6.45) is 2.68. The van der Waals surface area contributed by atoms with Gasteiger partial charge in [0.05, 0.1) is 12.6 Å². The second kappa shape index (κ2) is 4.31. The molecule has 1 amide bonds. The molecule has 6 heteroatoms. The highest BCUT2D eigenvalue weighted by Gasteiger charge is 2.26. The summed E-state index contributed by atoms with van der Waals surface area (Å²) < 4.78 is 1.76. The highest BCUT2D eigenvalue weighted by molar-refractivity contribution is 5.65. The second-order valence-electron chi connectivity index (χ2n) is 3.56. The van der Waals surface area contributed by atoms with Crippen LogP contribution < -0.4 is 5.32 Å². The zero-order chi connectivity index (χ0) is 10.7. The molecular formula is C9H14N4O2. The summed E-state index contributed by atoms with van der Waals surface area (Å²) in [5, 5.41) is 16.3. The number of hydrogen-bond acceptors (Lipinski definition) is 3. The molecule has 1 aromatic heterocycles. The van der Waals surface area contributed by atoms with E-state index in [1.807, 2.05) is 12.3 Å². The van der Waals surface area contributed by atoms with Crippen molar-refractivity contribution in [3.8, 4) is 0 Å². The number of nitrogens with one attached hydrogen (secondary N) is 1. The maximum atomic E-state index is 11.0. The fourth-order valence-electron chi connectivity index (χ4n) is 1.80. The van der Waals surface area contributed by atoms with Gasteiger partial charge < -0.3 is 15.3 Å². The number of piperazine rings is 1. The molecule has 0 aliphatic carbocycles. The Morgan fingerprint density at radius 2 is 2.53 bits per heavy atom. The van der Waals surface area contributed by atoms with Crippen molar-refractivity contribution in [3.63, 3.8) is 0 Å². The maximum absolute atomic E-state index is 11.0. The Morgan fingerprint density at radius 3 is 3.20 bits per heavy atom. The molecule has 0 spiro atoms. The lowest BCUT2D eigenvalue weighted by Gasteiger charge is -2.33. The van der Waals surface area contributed by atoms with Gasteiger partial charge in [0.15, 0.2) is 0 Å². The third-order valence-corrected chi connectivity index (χ3v) is 2.55. The zero-order valence-electron chi connectivity index (χ0n) is 8.33. The first-order valence-corrected chi connectivity index (χ1v) is 4.95. The van der Waals surface area contributed by atoms with E-state index in [0.29, 0.717) is 19.6 Å². The molecule has 15 heavy (non-hydrogen) atoms. The third kappa shape index (κ3) is 2.27. The van der Waals surface area contributed by atoms with Crippen LogP contribution in [0.3, 0.4) is 0 Å². The lowest BCUT2D eigenvalue weighted by Crippen LogP contribution is -2.54. The molecule has 0 bridgehead atoms. The van der Waals surface area contributed by atoms with Crippen LogP contribution in [0.2, 0.25) is 0 Å². The number of carbonyl (C=O) groups is 1. The van der Waals surface area contributed by atoms with E-state index in [1.54, 1.807) is 10.9 Å². The van der Waals surface area contributed by atoms with E-state index in [9.17, 15) is 4.79 Å². The van der Waals surface area contributed by atoms with E-state index in [0.717, 1.165) is 6.54 Å². The predicted octanol–water partition coefficient (Wildman–Crippen LogP) is -0.165. The summed E-state index contributed by atoms with van der Waals surface area (Å²) in [7, 11) is 0. The molecule has 0 saturated carbocycles. The number of nitrogens with zero attached hydrogens (tertiary/aromatic N) is 3. The van der Waals surface area contributed by atoms with Crippen LogP contribution in [0.15, 0.2) is 18.5 Å². The van der Waals surface area contributed by atoms with Gasteiger partial charge in [-0.2, -0.15) is 5.10 Å². The van der Waals surface area contributed by atoms with Gasteiger partial charge in [0.2, 0.25) is 0 Å². The molecule has 1 aliphatic heterocycles. The van der Waals surface area contributed by atoms with Crippen LogP contribution in [-0.4, -0.2) is 51.6 Å². The minimum atomic E-state index is -0.853. The van der Waals surface area contributed by atoms with Crippen LogP contribution in [0, 0.1) is 0 Å². The van der Waals surface area contributed by atoms with Crippen molar-refractivity contribution >= 4 is 6.09 Å². The minimum Gasteiger partial charge on any atom is -0.465 e. The first kappa shape index (κ1) is 9.97. The van der Waals surface area contributed by atoms with Crippen molar-refractivity contribution in [2.75, 3.05) is 19.6 Å². The van der Waals surface area contributed by atoms with Gasteiger partial charge in [-0.3, -0.25) is 4.68 Å². The lowest BCUT2D eigenvalue weighted by atomic mass is 10.2. The number of carboxylic acid groups (broad SMARTS) is 1. The third-order valence-electron chi connectivity index (χ3n) is 2.55. The molecule has 1 saturated heterocycles. The molecule has 0 aromatic carbocycles. The molecule has 0 unspecified atom stereocenters. The van der Waals surface area contributed by atoms with Gasteiger partial charge in [0, 0.05) is 32.0 Å². The smallest absolute Gasteiger partial charge is 0.407 e. The van der Waals surface area contributed by atoms with E-state index in [4.69, 9.17) is 5.11 Å². The Morgan fingerprint density at radius 1 is 1.67 bits per heavy atom. The summed E-state index contributed by atoms with van der Waals surface area (Å²) in [5.74, 6) is 0. The Bertz CT molecular complexity index is 325. The fourth-order valence-corrected chi connectivity index (χ4v) is 1.80. The Kier molecular flexibility index (Phi) is 2.86. The van der Waals surface area contributed by atoms with Crippen molar-refractivity contribution in [2.45, 2.75) is 12.6 Å². The molecule has 1 aliphatic rings. The zero-order valence-corrected chi connectivity index (χ0v) is 8.33. The SMILES string of the molecule is O=C(O)N1CCNC[C@@H]1Cn1cccn1. The molecule has 0 radical (unpaired) electrons. The van der Waals surface area contributed by atoms with Crippen molar-refractivity contribution < 1.29 is 9.90 Å². The van der Waals surface area contributed by atoms with Gasteiger partial charge in [-0.25, -0.2) is 4.79 Å². The summed E-state index contributed by atoms with van der Waals surface area (Å²) in [5.41, 5.74) is 0. The highest BCUT2D eigenvalue weighted by Crippen LogP contribution is 2.05. The summed E-state index contributed by atoms with van der Waals surface area (Å²) in [4.78, 5) is 12.4. The van der Waals surface area contributed by atoms with Gasteiger partial charge in [0.25, 0.3) is 0 Å². The number of amides is 1. The normalized spacial score (nSPS) is 21.6. The number of hydrogen-bond donors (Lipinski definition) is 2. The standard InChI is InChI=1S/C9H14N4O2/c14-9(15)13-5-3-10-6-8(13)7-12-4-1-2-11-12/h1-2,4,8,10H,3,5-7H2,(H,14,15)/t8-/m1/s1. The Labute approximate surface area is 87.5 Å². The fraction of sp³-hybridized carbons (Fsp3) is 0.556. The van der Waals surface area contributed by atoms with Gasteiger partial charge in [-0.05, 0) is 6.07 Å². The molecule has 1 fully saturated rings. The van der Waals surface area contributed by atoms with Crippen LogP contribution in [0.5, 0.6) is 0 Å². The topological polar surface area (TPSA) is 70.4 Å². The van der Waals surface area contributed by atoms with E-state index in [2.05, 4.69) is 10.4 Å². The van der Waals surface area contributed by atoms with Crippen molar-refractivity contribution in [3.05, 3.63) is 18.5 Å². The second-order valence-corrected chi connectivity index (χ2v) is 3.56. The minimum absolute atomic E-state index is 0.0313. The van der Waals surface area contributed by atoms with Gasteiger partial charge in [0.1, 0.15) is 0 Å². The van der Waals surface area contributed by atoms with Gasteiger partial charge in [-0.1, -0.05) is 0 Å². The lowest BCUT2D eigenvalue weighted by molar-refractivity contribution is 0.105. The van der Waals surface area contributed by atoms with Crippen LogP contribution >= 0.6 is 0 Å². The molecule has 2 heterocycles. The van der Waals surface area contributed by atoms with E-state index < -0.39 is 6.09 Å². The quantitative estimate of drug-likeness (QED) is 0.711. The van der Waals surface area contributed by atoms with Crippen LogP contribution in [0.4, 0.5) is 4.79 Å². The molecule has 82 valence electrons. The van der Waals surface area contributed by atoms with Crippen LogP contribution in [0.1, 0.15) is 0 Å².